The lowest BCUT2D eigenvalue weighted by Crippen LogP contribution is -2.55. The Balaban J connectivity index is 1.48. The molecule has 0 saturated carbocycles. The molecule has 4 amide bonds. The lowest BCUT2D eigenvalue weighted by Gasteiger charge is -2.23. The summed E-state index contributed by atoms with van der Waals surface area (Å²) in [6.45, 7) is 0.381. The van der Waals surface area contributed by atoms with Crippen molar-refractivity contribution in [1.29, 1.82) is 0 Å². The highest BCUT2D eigenvalue weighted by Gasteiger charge is 2.28. The van der Waals surface area contributed by atoms with Gasteiger partial charge in [-0.05, 0) is 47.7 Å². The van der Waals surface area contributed by atoms with Crippen LogP contribution in [0.5, 0.6) is 0 Å². The molecule has 3 aromatic carbocycles. The molecule has 0 bridgehead atoms. The molecule has 2 unspecified atom stereocenters. The third-order valence-electron chi connectivity index (χ3n) is 6.90. The fourth-order valence-corrected chi connectivity index (χ4v) is 4.81. The summed E-state index contributed by atoms with van der Waals surface area (Å²) in [4.78, 5) is 54.5. The molecule has 0 radical (unpaired) electrons. The lowest BCUT2D eigenvalue weighted by molar-refractivity contribution is -0.132. The number of fused-ring (bicyclic) bond motifs is 1. The average Bonchev–Trinajstić information content (AvgIpc) is 3.39. The monoisotopic (exact) mass is 587 g/mol. The highest BCUT2D eigenvalue weighted by Crippen LogP contribution is 2.19. The van der Waals surface area contributed by atoms with Crippen LogP contribution in [0.4, 0.5) is 0 Å². The van der Waals surface area contributed by atoms with E-state index < -0.39 is 29.8 Å². The van der Waals surface area contributed by atoms with Gasteiger partial charge >= 0.3 is 0 Å². The van der Waals surface area contributed by atoms with Gasteiger partial charge in [-0.3, -0.25) is 19.2 Å². The largest absolute Gasteiger partial charge is 0.370 e. The van der Waals surface area contributed by atoms with E-state index in [9.17, 15) is 19.2 Å². The number of hydrogen-bond donors (Lipinski definition) is 5. The van der Waals surface area contributed by atoms with Gasteiger partial charge in [0, 0.05) is 41.5 Å². The van der Waals surface area contributed by atoms with Gasteiger partial charge < -0.3 is 26.7 Å². The van der Waals surface area contributed by atoms with Crippen molar-refractivity contribution in [3.63, 3.8) is 0 Å². The smallest absolute Gasteiger partial charge is 0.243 e. The van der Waals surface area contributed by atoms with Crippen LogP contribution in [0.25, 0.3) is 10.9 Å². The van der Waals surface area contributed by atoms with Gasteiger partial charge in [-0.15, -0.1) is 0 Å². The van der Waals surface area contributed by atoms with E-state index in [4.69, 9.17) is 17.3 Å². The Kier molecular flexibility index (Phi) is 10.7. The second-order valence-corrected chi connectivity index (χ2v) is 10.5. The van der Waals surface area contributed by atoms with Crippen molar-refractivity contribution >= 4 is 46.1 Å². The molecular weight excluding hydrogens is 554 g/mol. The van der Waals surface area contributed by atoms with Gasteiger partial charge in [-0.25, -0.2) is 0 Å². The number of primary amides is 1. The van der Waals surface area contributed by atoms with Gasteiger partial charge in [0.2, 0.25) is 23.6 Å². The number of hydrogen-bond acceptors (Lipinski definition) is 4. The third kappa shape index (κ3) is 8.94. The van der Waals surface area contributed by atoms with E-state index in [1.54, 1.807) is 24.3 Å². The summed E-state index contributed by atoms with van der Waals surface area (Å²) in [6.07, 6.45) is 2.55. The highest BCUT2D eigenvalue weighted by molar-refractivity contribution is 6.30. The van der Waals surface area contributed by atoms with E-state index in [0.29, 0.717) is 23.6 Å². The summed E-state index contributed by atoms with van der Waals surface area (Å²) in [7, 11) is 0. The minimum absolute atomic E-state index is 0.0102. The molecule has 1 heterocycles. The first kappa shape index (κ1) is 30.3. The van der Waals surface area contributed by atoms with Crippen LogP contribution in [0.3, 0.4) is 0 Å². The van der Waals surface area contributed by atoms with Crippen molar-refractivity contribution in [1.82, 2.24) is 20.9 Å². The first-order valence-electron chi connectivity index (χ1n) is 13.8. The van der Waals surface area contributed by atoms with Gasteiger partial charge in [0.15, 0.2) is 0 Å². The highest BCUT2D eigenvalue weighted by atomic mass is 35.5. The number of aromatic amines is 1. The molecule has 2 atom stereocenters. The zero-order valence-electron chi connectivity index (χ0n) is 23.1. The molecule has 0 aliphatic carbocycles. The Morgan fingerprint density at radius 1 is 0.810 bits per heavy atom. The Labute approximate surface area is 249 Å². The number of nitrogens with two attached hydrogens (primary N) is 1. The van der Waals surface area contributed by atoms with E-state index >= 15 is 0 Å². The van der Waals surface area contributed by atoms with Crippen molar-refractivity contribution in [3.05, 3.63) is 107 Å². The maximum absolute atomic E-state index is 13.5. The van der Waals surface area contributed by atoms with Crippen molar-refractivity contribution in [3.8, 4) is 0 Å². The van der Waals surface area contributed by atoms with E-state index in [1.165, 1.54) is 0 Å². The number of benzene rings is 3. The fraction of sp³-hybridized carbons (Fsp3) is 0.250. The molecule has 1 aromatic heterocycles. The molecule has 9 nitrogen and oxygen atoms in total. The van der Waals surface area contributed by atoms with Crippen LogP contribution in [0, 0.1) is 0 Å². The Bertz CT molecular complexity index is 1520. The molecule has 4 aromatic rings. The van der Waals surface area contributed by atoms with Crippen molar-refractivity contribution in [2.75, 3.05) is 6.54 Å². The maximum atomic E-state index is 13.5. The molecule has 42 heavy (non-hydrogen) atoms. The maximum Gasteiger partial charge on any atom is 0.243 e. The number of halogens is 1. The zero-order valence-corrected chi connectivity index (χ0v) is 23.8. The first-order valence-corrected chi connectivity index (χ1v) is 14.2. The van der Waals surface area contributed by atoms with Crippen molar-refractivity contribution in [2.45, 2.75) is 44.2 Å². The van der Waals surface area contributed by atoms with Crippen LogP contribution in [-0.2, 0) is 38.4 Å². The van der Waals surface area contributed by atoms with Crippen LogP contribution in [-0.4, -0.2) is 47.2 Å². The first-order chi connectivity index (χ1) is 20.3. The second-order valence-electron chi connectivity index (χ2n) is 10.1. The molecule has 0 fully saturated rings. The molecule has 0 aliphatic heterocycles. The predicted octanol–water partition coefficient (Wildman–Crippen LogP) is 3.20. The Morgan fingerprint density at radius 3 is 2.26 bits per heavy atom. The molecule has 6 N–H and O–H groups in total. The van der Waals surface area contributed by atoms with Crippen LogP contribution in [0.1, 0.15) is 29.5 Å². The number of nitrogens with one attached hydrogen (secondary N) is 4. The van der Waals surface area contributed by atoms with E-state index in [2.05, 4.69) is 20.9 Å². The van der Waals surface area contributed by atoms with Gasteiger partial charge in [-0.2, -0.15) is 0 Å². The lowest BCUT2D eigenvalue weighted by atomic mass is 10.0. The van der Waals surface area contributed by atoms with Crippen molar-refractivity contribution in [2.24, 2.45) is 5.73 Å². The summed E-state index contributed by atoms with van der Waals surface area (Å²) in [5.74, 6) is -1.95. The summed E-state index contributed by atoms with van der Waals surface area (Å²) in [5.41, 5.74) is 8.89. The Hall–Kier alpha value is -4.63. The predicted molar refractivity (Wildman–Crippen MR) is 163 cm³/mol. The molecule has 4 rings (SSSR count). The number of rotatable bonds is 14. The minimum Gasteiger partial charge on any atom is -0.370 e. The molecule has 0 aliphatic rings. The van der Waals surface area contributed by atoms with Crippen LogP contribution >= 0.6 is 11.6 Å². The van der Waals surface area contributed by atoms with E-state index in [1.807, 2.05) is 60.8 Å². The van der Waals surface area contributed by atoms with E-state index in [0.717, 1.165) is 22.0 Å². The number of carbonyl (C=O) groups excluding carboxylic acids is 4. The fourth-order valence-electron chi connectivity index (χ4n) is 4.69. The van der Waals surface area contributed by atoms with Crippen molar-refractivity contribution < 1.29 is 19.2 Å². The summed E-state index contributed by atoms with van der Waals surface area (Å²) in [6, 6.07) is 22.2. The number of amides is 4. The van der Waals surface area contributed by atoms with Crippen LogP contribution in [0.2, 0.25) is 5.02 Å². The van der Waals surface area contributed by atoms with Gasteiger partial charge in [0.05, 0.1) is 6.42 Å². The summed E-state index contributed by atoms with van der Waals surface area (Å²) in [5, 5.41) is 9.93. The summed E-state index contributed by atoms with van der Waals surface area (Å²) >= 11 is 5.93. The quantitative estimate of drug-likeness (QED) is 0.154. The van der Waals surface area contributed by atoms with Gasteiger partial charge in [0.25, 0.3) is 0 Å². The van der Waals surface area contributed by atoms with Crippen LogP contribution < -0.4 is 21.7 Å². The van der Waals surface area contributed by atoms with E-state index in [-0.39, 0.29) is 31.6 Å². The van der Waals surface area contributed by atoms with Gasteiger partial charge in [-0.1, -0.05) is 72.3 Å². The van der Waals surface area contributed by atoms with Gasteiger partial charge in [0.1, 0.15) is 12.1 Å². The number of carbonyl (C=O) groups is 4. The normalized spacial score (nSPS) is 12.3. The minimum atomic E-state index is -1.07. The molecule has 0 spiro atoms. The number of aromatic nitrogens is 1. The summed E-state index contributed by atoms with van der Waals surface area (Å²) < 4.78 is 0. The second kappa shape index (κ2) is 14.8. The SMILES string of the molecule is NC(=O)CCC(NC(=O)Cc1ccc(Cl)cc1)C(=O)NC(Cc1c[nH]c2ccccc12)C(=O)NCCc1ccccc1. The number of H-pyrrole nitrogens is 1. The molecular formula is C32H34ClN5O4. The molecule has 218 valence electrons. The Morgan fingerprint density at radius 2 is 1.52 bits per heavy atom. The topological polar surface area (TPSA) is 146 Å². The third-order valence-corrected chi connectivity index (χ3v) is 7.15. The molecule has 10 heteroatoms. The molecule has 0 saturated heterocycles. The zero-order chi connectivity index (χ0) is 29.9. The standard InChI is InChI=1S/C32H34ClN5O4/c33-24-12-10-22(11-13-24)18-30(40)37-27(14-15-29(34)39)32(42)38-28(19-23-20-36-26-9-5-4-8-25(23)26)31(41)35-17-16-21-6-2-1-3-7-21/h1-13,20,27-28,36H,14-19H2,(H2,34,39)(H,35,41)(H,37,40)(H,38,42). The average molecular weight is 588 g/mol. The van der Waals surface area contributed by atoms with Crippen LogP contribution in [0.15, 0.2) is 85.1 Å². The number of para-hydroxylation sites is 1.